The first-order valence-corrected chi connectivity index (χ1v) is 12.9. The number of hydrogen-bond donors (Lipinski definition) is 0. The summed E-state index contributed by atoms with van der Waals surface area (Å²) in [5, 5.41) is 1.65. The zero-order chi connectivity index (χ0) is 27.1. The molecule has 2 aromatic carbocycles. The van der Waals surface area contributed by atoms with E-state index in [-0.39, 0.29) is 6.10 Å². The number of aryl methyl sites for hydroxylation is 1. The lowest BCUT2D eigenvalue weighted by molar-refractivity contribution is -0.157. The van der Waals surface area contributed by atoms with E-state index in [1.807, 2.05) is 45.0 Å². The number of aromatic nitrogens is 3. The normalized spacial score (nSPS) is 13.7. The standard InChI is InChI=1S/C29H31ClN4O4/c1-16(2)38-27(28(35)37-6)23-18(4)25-26-22(24(23)19-7-9-20(30)10-8-19)13-17(3)33(26)11-12-34(25)29-31-14-21(36-5)15-32-29/h7-10,13-16,27H,11-12H2,1-6H3/t27-/m0/s1. The van der Waals surface area contributed by atoms with E-state index in [1.54, 1.807) is 19.5 Å². The third-order valence-corrected chi connectivity index (χ3v) is 7.21. The van der Waals surface area contributed by atoms with Crippen LogP contribution in [0.5, 0.6) is 5.75 Å². The molecule has 0 spiro atoms. The van der Waals surface area contributed by atoms with Crippen molar-refractivity contribution in [2.24, 2.45) is 0 Å². The molecule has 5 rings (SSSR count). The maximum Gasteiger partial charge on any atom is 0.339 e. The van der Waals surface area contributed by atoms with Crippen LogP contribution < -0.4 is 9.64 Å². The minimum atomic E-state index is -0.935. The lowest BCUT2D eigenvalue weighted by Gasteiger charge is -2.34. The summed E-state index contributed by atoms with van der Waals surface area (Å²) in [6, 6.07) is 9.85. The second kappa shape index (κ2) is 10.3. The fourth-order valence-corrected chi connectivity index (χ4v) is 5.45. The fraction of sp³-hybridized carbons (Fsp3) is 0.345. The van der Waals surface area contributed by atoms with Crippen molar-refractivity contribution in [3.8, 4) is 16.9 Å². The van der Waals surface area contributed by atoms with Crippen LogP contribution in [0.3, 0.4) is 0 Å². The van der Waals surface area contributed by atoms with Gasteiger partial charge in [0.2, 0.25) is 5.95 Å². The van der Waals surface area contributed by atoms with Crippen LogP contribution >= 0.6 is 11.6 Å². The largest absolute Gasteiger partial charge is 0.494 e. The van der Waals surface area contributed by atoms with Crippen LogP contribution in [0.4, 0.5) is 11.6 Å². The quantitative estimate of drug-likeness (QED) is 0.262. The van der Waals surface area contributed by atoms with Gasteiger partial charge in [-0.1, -0.05) is 23.7 Å². The van der Waals surface area contributed by atoms with E-state index in [1.165, 1.54) is 7.11 Å². The molecule has 38 heavy (non-hydrogen) atoms. The third-order valence-electron chi connectivity index (χ3n) is 6.95. The Morgan fingerprint density at radius 1 is 1.05 bits per heavy atom. The topological polar surface area (TPSA) is 78.7 Å². The molecule has 1 aliphatic rings. The Labute approximate surface area is 227 Å². The minimum Gasteiger partial charge on any atom is -0.494 e. The lowest BCUT2D eigenvalue weighted by atomic mass is 9.87. The van der Waals surface area contributed by atoms with E-state index in [0.29, 0.717) is 23.3 Å². The van der Waals surface area contributed by atoms with Gasteiger partial charge in [0.1, 0.15) is 0 Å². The Hall–Kier alpha value is -3.62. The Bertz CT molecular complexity index is 1500. The van der Waals surface area contributed by atoms with E-state index in [4.69, 9.17) is 25.8 Å². The molecule has 0 amide bonds. The molecule has 0 aliphatic carbocycles. The van der Waals surface area contributed by atoms with Gasteiger partial charge in [-0.15, -0.1) is 0 Å². The average molecular weight is 535 g/mol. The van der Waals surface area contributed by atoms with E-state index in [2.05, 4.69) is 32.4 Å². The zero-order valence-electron chi connectivity index (χ0n) is 22.4. The van der Waals surface area contributed by atoms with Crippen LogP contribution in [0.15, 0.2) is 42.7 Å². The molecule has 0 radical (unpaired) electrons. The number of anilines is 2. The second-order valence-electron chi connectivity index (χ2n) is 9.63. The van der Waals surface area contributed by atoms with E-state index >= 15 is 0 Å². The van der Waals surface area contributed by atoms with Gasteiger partial charge in [0, 0.05) is 34.8 Å². The maximum atomic E-state index is 13.3. The molecule has 0 saturated heterocycles. The molecule has 3 heterocycles. The number of carbonyl (C=O) groups is 1. The summed E-state index contributed by atoms with van der Waals surface area (Å²) in [6.45, 7) is 9.38. The van der Waals surface area contributed by atoms with Crippen molar-refractivity contribution in [3.63, 3.8) is 0 Å². The Morgan fingerprint density at radius 2 is 1.74 bits per heavy atom. The first kappa shape index (κ1) is 26.0. The summed E-state index contributed by atoms with van der Waals surface area (Å²) < 4.78 is 19.1. The predicted molar refractivity (Wildman–Crippen MR) is 148 cm³/mol. The Balaban J connectivity index is 1.88. The van der Waals surface area contributed by atoms with Crippen molar-refractivity contribution in [2.45, 2.75) is 46.4 Å². The number of nitrogens with zero attached hydrogens (tertiary/aromatic N) is 4. The number of methoxy groups -OCH3 is 2. The highest BCUT2D eigenvalue weighted by Crippen LogP contribution is 2.48. The van der Waals surface area contributed by atoms with Crippen molar-refractivity contribution in [3.05, 3.63) is 64.6 Å². The summed E-state index contributed by atoms with van der Waals surface area (Å²) in [5.41, 5.74) is 6.65. The van der Waals surface area contributed by atoms with Gasteiger partial charge in [0.25, 0.3) is 0 Å². The Kier molecular flexibility index (Phi) is 7.03. The number of carbonyl (C=O) groups excluding carboxylic acids is 1. The van der Waals surface area contributed by atoms with Crippen LogP contribution in [0.25, 0.3) is 22.0 Å². The highest BCUT2D eigenvalue weighted by molar-refractivity contribution is 6.30. The maximum absolute atomic E-state index is 13.3. The van der Waals surface area contributed by atoms with Crippen molar-refractivity contribution < 1.29 is 19.0 Å². The molecule has 9 heteroatoms. The van der Waals surface area contributed by atoms with Gasteiger partial charge in [0.15, 0.2) is 11.9 Å². The van der Waals surface area contributed by atoms with Gasteiger partial charge < -0.3 is 23.7 Å². The van der Waals surface area contributed by atoms with E-state index < -0.39 is 12.1 Å². The van der Waals surface area contributed by atoms with Crippen molar-refractivity contribution in [1.82, 2.24) is 14.5 Å². The molecule has 8 nitrogen and oxygen atoms in total. The number of ether oxygens (including phenoxy) is 3. The van der Waals surface area contributed by atoms with Crippen LogP contribution in [0.1, 0.15) is 36.8 Å². The van der Waals surface area contributed by atoms with Gasteiger partial charge in [-0.2, -0.15) is 0 Å². The first-order chi connectivity index (χ1) is 18.2. The molecule has 2 aromatic heterocycles. The van der Waals surface area contributed by atoms with Crippen molar-refractivity contribution >= 4 is 40.1 Å². The summed E-state index contributed by atoms with van der Waals surface area (Å²) in [4.78, 5) is 24.5. The summed E-state index contributed by atoms with van der Waals surface area (Å²) in [5.74, 6) is 0.689. The molecular weight excluding hydrogens is 504 g/mol. The van der Waals surface area contributed by atoms with Crippen LogP contribution in [-0.4, -0.2) is 47.4 Å². The molecule has 0 N–H and O–H groups in total. The third kappa shape index (κ3) is 4.37. The molecular formula is C29H31ClN4O4. The van der Waals surface area contributed by atoms with Gasteiger partial charge in [-0.3, -0.25) is 0 Å². The van der Waals surface area contributed by atoms with Gasteiger partial charge in [-0.05, 0) is 62.6 Å². The number of benzene rings is 2. The van der Waals surface area contributed by atoms with Crippen LogP contribution in [0.2, 0.25) is 5.02 Å². The number of rotatable bonds is 7. The minimum absolute atomic E-state index is 0.212. The second-order valence-corrected chi connectivity index (χ2v) is 10.1. The highest BCUT2D eigenvalue weighted by Gasteiger charge is 2.35. The molecule has 4 aromatic rings. The Morgan fingerprint density at radius 3 is 2.34 bits per heavy atom. The number of esters is 1. The molecule has 0 bridgehead atoms. The fourth-order valence-electron chi connectivity index (χ4n) is 5.32. The molecule has 0 fully saturated rings. The molecule has 1 aliphatic heterocycles. The number of halogens is 1. The van der Waals surface area contributed by atoms with Crippen LogP contribution in [0, 0.1) is 13.8 Å². The predicted octanol–water partition coefficient (Wildman–Crippen LogP) is 6.17. The van der Waals surface area contributed by atoms with E-state index in [9.17, 15) is 4.79 Å². The molecule has 0 saturated carbocycles. The summed E-state index contributed by atoms with van der Waals surface area (Å²) in [7, 11) is 2.98. The molecule has 0 unspecified atom stereocenters. The number of hydrogen-bond acceptors (Lipinski definition) is 7. The van der Waals surface area contributed by atoms with Crippen molar-refractivity contribution in [2.75, 3.05) is 25.7 Å². The van der Waals surface area contributed by atoms with Gasteiger partial charge >= 0.3 is 5.97 Å². The van der Waals surface area contributed by atoms with Crippen molar-refractivity contribution in [1.29, 1.82) is 0 Å². The monoisotopic (exact) mass is 534 g/mol. The summed E-state index contributed by atoms with van der Waals surface area (Å²) in [6.07, 6.45) is 2.18. The lowest BCUT2D eigenvalue weighted by Crippen LogP contribution is -2.31. The highest BCUT2D eigenvalue weighted by atomic mass is 35.5. The smallest absolute Gasteiger partial charge is 0.339 e. The average Bonchev–Trinajstić information content (AvgIpc) is 3.25. The molecule has 198 valence electrons. The van der Waals surface area contributed by atoms with Crippen LogP contribution in [-0.2, 0) is 20.8 Å². The van der Waals surface area contributed by atoms with Gasteiger partial charge in [-0.25, -0.2) is 14.8 Å². The van der Waals surface area contributed by atoms with E-state index in [0.717, 1.165) is 51.1 Å². The zero-order valence-corrected chi connectivity index (χ0v) is 23.2. The van der Waals surface area contributed by atoms with Gasteiger partial charge in [0.05, 0.1) is 43.9 Å². The first-order valence-electron chi connectivity index (χ1n) is 12.5. The molecule has 1 atom stereocenters. The SMILES string of the molecule is COC(=O)[C@@H](OC(C)C)c1c(C)c2c3c(cc(C)n3CCN2c2ncc(OC)cn2)c1-c1ccc(Cl)cc1. The summed E-state index contributed by atoms with van der Waals surface area (Å²) >= 11 is 6.25.